The lowest BCUT2D eigenvalue weighted by Gasteiger charge is -2.09. The van der Waals surface area contributed by atoms with Crippen molar-refractivity contribution in [1.82, 2.24) is 5.32 Å². The molecule has 0 radical (unpaired) electrons. The van der Waals surface area contributed by atoms with E-state index in [1.807, 2.05) is 0 Å². The summed E-state index contributed by atoms with van der Waals surface area (Å²) in [5.74, 6) is -0.331. The third-order valence-corrected chi connectivity index (χ3v) is 2.22. The Morgan fingerprint density at radius 1 is 1.31 bits per heavy atom. The number of nitrogens with one attached hydrogen (secondary N) is 1. The van der Waals surface area contributed by atoms with E-state index in [4.69, 9.17) is 21.1 Å². The van der Waals surface area contributed by atoms with E-state index < -0.39 is 5.82 Å². The van der Waals surface area contributed by atoms with Gasteiger partial charge in [0.1, 0.15) is 6.61 Å². The molecule has 0 unspecified atom stereocenters. The molecule has 0 aliphatic heterocycles. The highest BCUT2D eigenvalue weighted by Gasteiger charge is 2.06. The Morgan fingerprint density at radius 2 is 2.06 bits per heavy atom. The normalized spacial score (nSPS) is 10.4. The number of halogens is 2. The maximum atomic E-state index is 13.2. The topological polar surface area (TPSA) is 30.5 Å². The van der Waals surface area contributed by atoms with Crippen LogP contribution < -0.4 is 10.1 Å². The van der Waals surface area contributed by atoms with Crippen molar-refractivity contribution in [2.24, 2.45) is 0 Å². The van der Waals surface area contributed by atoms with Crippen LogP contribution in [0.5, 0.6) is 5.75 Å². The summed E-state index contributed by atoms with van der Waals surface area (Å²) >= 11 is 5.79. The van der Waals surface area contributed by atoms with Crippen molar-refractivity contribution < 1.29 is 13.9 Å². The van der Waals surface area contributed by atoms with Crippen molar-refractivity contribution >= 4 is 11.6 Å². The summed E-state index contributed by atoms with van der Waals surface area (Å²) in [5.41, 5.74) is 0. The fourth-order valence-electron chi connectivity index (χ4n) is 1.14. The smallest absolute Gasteiger partial charge is 0.173 e. The minimum atomic E-state index is -0.440. The fraction of sp³-hybridized carbons (Fsp3) is 0.455. The molecule has 0 atom stereocenters. The molecule has 0 saturated carbocycles. The van der Waals surface area contributed by atoms with E-state index in [1.165, 1.54) is 6.07 Å². The Morgan fingerprint density at radius 3 is 2.75 bits per heavy atom. The third kappa shape index (κ3) is 4.35. The van der Waals surface area contributed by atoms with Crippen molar-refractivity contribution in [1.29, 1.82) is 0 Å². The summed E-state index contributed by atoms with van der Waals surface area (Å²) in [7, 11) is 1.64. The van der Waals surface area contributed by atoms with Gasteiger partial charge in [0, 0.05) is 20.2 Å². The van der Waals surface area contributed by atoms with Gasteiger partial charge in [0.15, 0.2) is 11.6 Å². The van der Waals surface area contributed by atoms with Crippen LogP contribution in [-0.2, 0) is 4.74 Å². The van der Waals surface area contributed by atoms with E-state index >= 15 is 0 Å². The van der Waals surface area contributed by atoms with Crippen molar-refractivity contribution in [2.45, 2.75) is 0 Å². The standard InChI is InChI=1S/C11H15ClFNO2/c1-15-7-5-14-6-8-16-11-9(12)3-2-4-10(11)13/h2-4,14H,5-8H2,1H3. The van der Waals surface area contributed by atoms with Gasteiger partial charge in [-0.2, -0.15) is 0 Å². The minimum absolute atomic E-state index is 0.109. The zero-order chi connectivity index (χ0) is 11.8. The molecule has 0 heterocycles. The van der Waals surface area contributed by atoms with Gasteiger partial charge in [-0.1, -0.05) is 17.7 Å². The van der Waals surface area contributed by atoms with Crippen LogP contribution in [0.25, 0.3) is 0 Å². The zero-order valence-corrected chi connectivity index (χ0v) is 9.89. The van der Waals surface area contributed by atoms with Gasteiger partial charge in [0.25, 0.3) is 0 Å². The van der Waals surface area contributed by atoms with E-state index in [0.29, 0.717) is 19.8 Å². The molecule has 1 aromatic rings. The highest BCUT2D eigenvalue weighted by atomic mass is 35.5. The van der Waals surface area contributed by atoms with Gasteiger partial charge in [-0.05, 0) is 12.1 Å². The summed E-state index contributed by atoms with van der Waals surface area (Å²) in [4.78, 5) is 0. The maximum absolute atomic E-state index is 13.2. The first-order valence-electron chi connectivity index (χ1n) is 5.02. The minimum Gasteiger partial charge on any atom is -0.488 e. The van der Waals surface area contributed by atoms with Gasteiger partial charge in [-0.15, -0.1) is 0 Å². The molecule has 1 aromatic carbocycles. The largest absolute Gasteiger partial charge is 0.488 e. The van der Waals surface area contributed by atoms with Crippen LogP contribution >= 0.6 is 11.6 Å². The second-order valence-corrected chi connectivity index (χ2v) is 3.55. The Hall–Kier alpha value is -0.840. The van der Waals surface area contributed by atoms with Crippen LogP contribution in [0.4, 0.5) is 4.39 Å². The van der Waals surface area contributed by atoms with Gasteiger partial charge >= 0.3 is 0 Å². The average Bonchev–Trinajstić information content (AvgIpc) is 2.26. The molecule has 3 nitrogen and oxygen atoms in total. The molecule has 1 N–H and O–H groups in total. The van der Waals surface area contributed by atoms with Crippen molar-refractivity contribution in [3.8, 4) is 5.75 Å². The van der Waals surface area contributed by atoms with E-state index in [0.717, 1.165) is 6.54 Å². The Balaban J connectivity index is 2.26. The summed E-state index contributed by atoms with van der Waals surface area (Å²) in [5, 5.41) is 3.37. The average molecular weight is 248 g/mol. The number of methoxy groups -OCH3 is 1. The van der Waals surface area contributed by atoms with Gasteiger partial charge < -0.3 is 14.8 Å². The molecule has 0 spiro atoms. The summed E-state index contributed by atoms with van der Waals surface area (Å²) < 4.78 is 23.3. The van der Waals surface area contributed by atoms with E-state index in [-0.39, 0.29) is 10.8 Å². The first-order valence-corrected chi connectivity index (χ1v) is 5.40. The number of hydrogen-bond donors (Lipinski definition) is 1. The monoisotopic (exact) mass is 247 g/mol. The summed E-state index contributed by atoms with van der Waals surface area (Å²) in [6.07, 6.45) is 0. The summed E-state index contributed by atoms with van der Waals surface area (Å²) in [6.45, 7) is 2.36. The number of para-hydroxylation sites is 1. The second-order valence-electron chi connectivity index (χ2n) is 3.14. The molecule has 90 valence electrons. The van der Waals surface area contributed by atoms with Crippen LogP contribution in [0, 0.1) is 5.82 Å². The van der Waals surface area contributed by atoms with Crippen molar-refractivity contribution in [3.05, 3.63) is 29.0 Å². The van der Waals surface area contributed by atoms with Crippen molar-refractivity contribution in [3.63, 3.8) is 0 Å². The first kappa shape index (κ1) is 13.2. The molecule has 0 amide bonds. The summed E-state index contributed by atoms with van der Waals surface area (Å²) in [6, 6.07) is 4.46. The van der Waals surface area contributed by atoms with Gasteiger partial charge in [-0.25, -0.2) is 4.39 Å². The van der Waals surface area contributed by atoms with Crippen LogP contribution in [-0.4, -0.2) is 33.4 Å². The molecule has 0 aliphatic rings. The molecule has 0 bridgehead atoms. The van der Waals surface area contributed by atoms with E-state index in [9.17, 15) is 4.39 Å². The predicted molar refractivity (Wildman–Crippen MR) is 61.7 cm³/mol. The Labute approximate surface area is 99.5 Å². The Kier molecular flexibility index (Phi) is 6.15. The molecule has 5 heteroatoms. The van der Waals surface area contributed by atoms with Crippen LogP contribution in [0.2, 0.25) is 5.02 Å². The highest BCUT2D eigenvalue weighted by molar-refractivity contribution is 6.32. The molecule has 0 saturated heterocycles. The number of ether oxygens (including phenoxy) is 2. The first-order chi connectivity index (χ1) is 7.75. The lowest BCUT2D eigenvalue weighted by atomic mass is 10.3. The number of hydrogen-bond acceptors (Lipinski definition) is 3. The predicted octanol–water partition coefficient (Wildman–Crippen LogP) is 2.09. The number of benzene rings is 1. The molecule has 0 aliphatic carbocycles. The third-order valence-electron chi connectivity index (χ3n) is 1.93. The highest BCUT2D eigenvalue weighted by Crippen LogP contribution is 2.26. The lowest BCUT2D eigenvalue weighted by Crippen LogP contribution is -2.24. The number of rotatable bonds is 7. The fourth-order valence-corrected chi connectivity index (χ4v) is 1.36. The van der Waals surface area contributed by atoms with Gasteiger partial charge in [0.05, 0.1) is 11.6 Å². The van der Waals surface area contributed by atoms with E-state index in [2.05, 4.69) is 5.32 Å². The SMILES string of the molecule is COCCNCCOc1c(F)cccc1Cl. The van der Waals surface area contributed by atoms with Gasteiger partial charge in [-0.3, -0.25) is 0 Å². The molecule has 16 heavy (non-hydrogen) atoms. The molecular formula is C11H15ClFNO2. The molecule has 1 rings (SSSR count). The van der Waals surface area contributed by atoms with Gasteiger partial charge in [0.2, 0.25) is 0 Å². The molecule has 0 aromatic heterocycles. The van der Waals surface area contributed by atoms with Crippen LogP contribution in [0.1, 0.15) is 0 Å². The van der Waals surface area contributed by atoms with Crippen LogP contribution in [0.15, 0.2) is 18.2 Å². The molecular weight excluding hydrogens is 233 g/mol. The second kappa shape index (κ2) is 7.44. The maximum Gasteiger partial charge on any atom is 0.173 e. The van der Waals surface area contributed by atoms with Crippen LogP contribution in [0.3, 0.4) is 0 Å². The molecule has 0 fully saturated rings. The zero-order valence-electron chi connectivity index (χ0n) is 9.13. The van der Waals surface area contributed by atoms with E-state index in [1.54, 1.807) is 19.2 Å². The lowest BCUT2D eigenvalue weighted by molar-refractivity contribution is 0.196. The Bertz CT molecular complexity index is 303. The van der Waals surface area contributed by atoms with Crippen molar-refractivity contribution in [2.75, 3.05) is 33.4 Å². The quantitative estimate of drug-likeness (QED) is 0.749.